The number of thioether (sulfide) groups is 1. The highest BCUT2D eigenvalue weighted by atomic mass is 32.2. The SMILES string of the molecule is CCc1noc([C@H](C)Sc2nnc(-c3ccc(OC)cc3)n2-c2cccc(C(F)(F)F)c2)n1. The minimum atomic E-state index is -4.48. The van der Waals surface area contributed by atoms with Gasteiger partial charge in [-0.15, -0.1) is 10.2 Å². The van der Waals surface area contributed by atoms with Gasteiger partial charge in [0.2, 0.25) is 5.89 Å². The van der Waals surface area contributed by atoms with Crippen LogP contribution >= 0.6 is 11.8 Å². The van der Waals surface area contributed by atoms with Crippen molar-refractivity contribution >= 4 is 11.8 Å². The summed E-state index contributed by atoms with van der Waals surface area (Å²) in [5.41, 5.74) is 0.198. The molecule has 0 saturated heterocycles. The molecule has 0 aliphatic rings. The molecule has 7 nitrogen and oxygen atoms in total. The number of aromatic nitrogens is 5. The molecule has 0 N–H and O–H groups in total. The second-order valence-corrected chi connectivity index (χ2v) is 8.39. The van der Waals surface area contributed by atoms with Crippen LogP contribution in [0.1, 0.15) is 36.4 Å². The van der Waals surface area contributed by atoms with E-state index >= 15 is 0 Å². The molecule has 0 aliphatic heterocycles. The van der Waals surface area contributed by atoms with Crippen molar-refractivity contribution in [2.24, 2.45) is 0 Å². The van der Waals surface area contributed by atoms with Crippen LogP contribution < -0.4 is 4.74 Å². The van der Waals surface area contributed by atoms with Crippen LogP contribution in [0.3, 0.4) is 0 Å². The molecule has 33 heavy (non-hydrogen) atoms. The molecule has 2 heterocycles. The molecule has 0 radical (unpaired) electrons. The predicted molar refractivity (Wildman–Crippen MR) is 116 cm³/mol. The van der Waals surface area contributed by atoms with Crippen LogP contribution in [-0.4, -0.2) is 32.0 Å². The molecule has 0 amide bonds. The molecule has 1 atom stereocenters. The van der Waals surface area contributed by atoms with Gasteiger partial charge in [-0.25, -0.2) is 0 Å². The number of rotatable bonds is 7. The van der Waals surface area contributed by atoms with Gasteiger partial charge in [-0.05, 0) is 49.4 Å². The van der Waals surface area contributed by atoms with Gasteiger partial charge >= 0.3 is 6.18 Å². The fourth-order valence-electron chi connectivity index (χ4n) is 3.11. The summed E-state index contributed by atoms with van der Waals surface area (Å²) in [4.78, 5) is 4.34. The number of methoxy groups -OCH3 is 1. The Kier molecular flexibility index (Phi) is 6.41. The Morgan fingerprint density at radius 2 is 1.88 bits per heavy atom. The van der Waals surface area contributed by atoms with Crippen LogP contribution in [0.15, 0.2) is 58.2 Å². The van der Waals surface area contributed by atoms with Crippen LogP contribution in [0.4, 0.5) is 13.2 Å². The minimum absolute atomic E-state index is 0.287. The monoisotopic (exact) mass is 475 g/mol. The first kappa shape index (κ1) is 22.8. The highest BCUT2D eigenvalue weighted by molar-refractivity contribution is 7.99. The lowest BCUT2D eigenvalue weighted by atomic mass is 10.1. The Balaban J connectivity index is 1.79. The summed E-state index contributed by atoms with van der Waals surface area (Å²) in [7, 11) is 1.55. The predicted octanol–water partition coefficient (Wildman–Crippen LogP) is 5.76. The topological polar surface area (TPSA) is 78.9 Å². The standard InChI is InChI=1S/C22H20F3N5O2S/c1-4-18-26-20(32-29-18)13(2)33-21-28-27-19(14-8-10-17(31-3)11-9-14)30(21)16-7-5-6-15(12-16)22(23,24)25/h5-13H,4H2,1-3H3/t13-/m0/s1. The Morgan fingerprint density at radius 1 is 1.12 bits per heavy atom. The molecule has 4 rings (SSSR count). The first-order valence-electron chi connectivity index (χ1n) is 10.1. The molecule has 0 fully saturated rings. The summed E-state index contributed by atoms with van der Waals surface area (Å²) >= 11 is 1.27. The van der Waals surface area contributed by atoms with E-state index in [0.717, 1.165) is 12.1 Å². The Hall–Kier alpha value is -3.34. The van der Waals surface area contributed by atoms with Gasteiger partial charge in [0, 0.05) is 12.0 Å². The first-order chi connectivity index (χ1) is 15.8. The van der Waals surface area contributed by atoms with Gasteiger partial charge in [-0.3, -0.25) is 4.57 Å². The zero-order valence-corrected chi connectivity index (χ0v) is 18.8. The second-order valence-electron chi connectivity index (χ2n) is 7.08. The van der Waals surface area contributed by atoms with Crippen LogP contribution in [0.2, 0.25) is 0 Å². The molecule has 2 aromatic carbocycles. The number of aryl methyl sites for hydroxylation is 1. The third-order valence-electron chi connectivity index (χ3n) is 4.84. The lowest BCUT2D eigenvalue weighted by Crippen LogP contribution is -2.07. The van der Waals surface area contributed by atoms with Crippen molar-refractivity contribution in [1.82, 2.24) is 24.9 Å². The maximum atomic E-state index is 13.4. The van der Waals surface area contributed by atoms with Crippen LogP contribution in [0.25, 0.3) is 17.1 Å². The van der Waals surface area contributed by atoms with E-state index < -0.39 is 11.7 Å². The summed E-state index contributed by atoms with van der Waals surface area (Å²) in [6.07, 6.45) is -3.85. The molecule has 11 heteroatoms. The molecular formula is C22H20F3N5O2S. The van der Waals surface area contributed by atoms with Crippen LogP contribution in [-0.2, 0) is 12.6 Å². The van der Waals surface area contributed by atoms with Crippen molar-refractivity contribution in [3.63, 3.8) is 0 Å². The van der Waals surface area contributed by atoms with E-state index in [1.54, 1.807) is 42.0 Å². The molecule has 172 valence electrons. The van der Waals surface area contributed by atoms with Crippen molar-refractivity contribution in [2.75, 3.05) is 7.11 Å². The Labute approximate surface area is 192 Å². The van der Waals surface area contributed by atoms with E-state index in [-0.39, 0.29) is 10.9 Å². The summed E-state index contributed by atoms with van der Waals surface area (Å²) < 4.78 is 52.3. The average molecular weight is 475 g/mol. The molecule has 4 aromatic rings. The van der Waals surface area contributed by atoms with Gasteiger partial charge in [0.05, 0.1) is 23.6 Å². The average Bonchev–Trinajstić information content (AvgIpc) is 3.46. The molecule has 0 saturated carbocycles. The van der Waals surface area contributed by atoms with Gasteiger partial charge in [-0.2, -0.15) is 18.2 Å². The zero-order chi connectivity index (χ0) is 23.6. The molecule has 0 bridgehead atoms. The van der Waals surface area contributed by atoms with E-state index in [1.807, 2.05) is 13.8 Å². The number of halogens is 3. The number of hydrogen-bond donors (Lipinski definition) is 0. The number of alkyl halides is 3. The molecule has 0 spiro atoms. The smallest absolute Gasteiger partial charge is 0.416 e. The van der Waals surface area contributed by atoms with Gasteiger partial charge in [-0.1, -0.05) is 29.9 Å². The lowest BCUT2D eigenvalue weighted by Gasteiger charge is -2.14. The Morgan fingerprint density at radius 3 is 2.52 bits per heavy atom. The number of benzene rings is 2. The largest absolute Gasteiger partial charge is 0.497 e. The van der Waals surface area contributed by atoms with Gasteiger partial charge in [0.1, 0.15) is 5.75 Å². The van der Waals surface area contributed by atoms with E-state index in [4.69, 9.17) is 9.26 Å². The third-order valence-corrected chi connectivity index (χ3v) is 5.87. The normalized spacial score (nSPS) is 12.7. The van der Waals surface area contributed by atoms with Crippen LogP contribution in [0, 0.1) is 0 Å². The van der Waals surface area contributed by atoms with Gasteiger partial charge < -0.3 is 9.26 Å². The summed E-state index contributed by atoms with van der Waals surface area (Å²) in [6.45, 7) is 3.77. The van der Waals surface area contributed by atoms with Crippen molar-refractivity contribution in [3.8, 4) is 22.8 Å². The minimum Gasteiger partial charge on any atom is -0.497 e. The van der Waals surface area contributed by atoms with Crippen molar-refractivity contribution in [1.29, 1.82) is 0 Å². The highest BCUT2D eigenvalue weighted by Crippen LogP contribution is 2.38. The summed E-state index contributed by atoms with van der Waals surface area (Å²) in [5.74, 6) is 2.03. The first-order valence-corrected chi connectivity index (χ1v) is 10.9. The van der Waals surface area contributed by atoms with Crippen LogP contribution in [0.5, 0.6) is 5.75 Å². The van der Waals surface area contributed by atoms with Crippen molar-refractivity contribution in [3.05, 3.63) is 65.8 Å². The van der Waals surface area contributed by atoms with E-state index in [9.17, 15) is 13.2 Å². The van der Waals surface area contributed by atoms with Crippen molar-refractivity contribution in [2.45, 2.75) is 36.9 Å². The van der Waals surface area contributed by atoms with Gasteiger partial charge in [0.25, 0.3) is 0 Å². The molecular weight excluding hydrogens is 455 g/mol. The maximum Gasteiger partial charge on any atom is 0.416 e. The van der Waals surface area contributed by atoms with E-state index in [0.29, 0.717) is 40.4 Å². The third kappa shape index (κ3) is 4.87. The number of nitrogens with zero attached hydrogens (tertiary/aromatic N) is 5. The van der Waals surface area contributed by atoms with E-state index in [2.05, 4.69) is 20.3 Å². The fourth-order valence-corrected chi connectivity index (χ4v) is 4.01. The van der Waals surface area contributed by atoms with Gasteiger partial charge in [0.15, 0.2) is 16.8 Å². The second kappa shape index (κ2) is 9.26. The summed E-state index contributed by atoms with van der Waals surface area (Å²) in [6, 6.07) is 12.1. The van der Waals surface area contributed by atoms with Crippen molar-refractivity contribution < 1.29 is 22.4 Å². The van der Waals surface area contributed by atoms with E-state index in [1.165, 1.54) is 17.8 Å². The highest BCUT2D eigenvalue weighted by Gasteiger charge is 2.31. The quantitative estimate of drug-likeness (QED) is 0.315. The molecule has 0 unspecified atom stereocenters. The lowest BCUT2D eigenvalue weighted by molar-refractivity contribution is -0.137. The number of hydrogen-bond acceptors (Lipinski definition) is 7. The summed E-state index contributed by atoms with van der Waals surface area (Å²) in [5, 5.41) is 12.6. The molecule has 2 aromatic heterocycles. The molecule has 0 aliphatic carbocycles. The maximum absolute atomic E-state index is 13.4. The Bertz CT molecular complexity index is 1240. The zero-order valence-electron chi connectivity index (χ0n) is 18.0. The fraction of sp³-hybridized carbons (Fsp3) is 0.273. The number of ether oxygens (including phenoxy) is 1.